The highest BCUT2D eigenvalue weighted by Crippen LogP contribution is 2.27. The zero-order chi connectivity index (χ0) is 25.0. The zero-order valence-corrected chi connectivity index (χ0v) is 20.5. The van der Waals surface area contributed by atoms with Gasteiger partial charge in [-0.1, -0.05) is 68.4 Å². The van der Waals surface area contributed by atoms with E-state index < -0.39 is 36.1 Å². The first-order valence-corrected chi connectivity index (χ1v) is 11.7. The molecule has 2 aromatic rings. The molecule has 0 aromatic heterocycles. The Hall–Kier alpha value is -3.22. The number of nitrogens with one attached hydrogen (secondary N) is 1. The molecule has 4 atom stereocenters. The van der Waals surface area contributed by atoms with Gasteiger partial charge < -0.3 is 15.1 Å². The SMILES string of the molecule is CC(=O)N(C)C(C)C(=O)N1CC(F)CC1C(=O)NC(c1ccccc1)c1ccc(C(C)C)cc1. The van der Waals surface area contributed by atoms with E-state index in [1.54, 1.807) is 6.92 Å². The molecule has 1 aliphatic heterocycles. The van der Waals surface area contributed by atoms with Crippen LogP contribution in [0.1, 0.15) is 62.8 Å². The summed E-state index contributed by atoms with van der Waals surface area (Å²) in [6.45, 7) is 7.04. The molecule has 4 unspecified atom stereocenters. The topological polar surface area (TPSA) is 69.7 Å². The molecule has 0 spiro atoms. The largest absolute Gasteiger partial charge is 0.343 e. The van der Waals surface area contributed by atoms with Crippen LogP contribution in [0.25, 0.3) is 0 Å². The third-order valence-electron chi connectivity index (χ3n) is 6.63. The smallest absolute Gasteiger partial charge is 0.245 e. The summed E-state index contributed by atoms with van der Waals surface area (Å²) in [7, 11) is 1.52. The molecule has 34 heavy (non-hydrogen) atoms. The molecule has 1 aliphatic rings. The molecule has 1 heterocycles. The molecule has 1 saturated heterocycles. The Kier molecular flexibility index (Phi) is 8.07. The third-order valence-corrected chi connectivity index (χ3v) is 6.63. The van der Waals surface area contributed by atoms with E-state index in [9.17, 15) is 18.8 Å². The summed E-state index contributed by atoms with van der Waals surface area (Å²) in [5, 5.41) is 3.06. The van der Waals surface area contributed by atoms with E-state index in [1.807, 2.05) is 54.6 Å². The summed E-state index contributed by atoms with van der Waals surface area (Å²) in [5.74, 6) is -0.733. The van der Waals surface area contributed by atoms with Crippen molar-refractivity contribution in [3.05, 3.63) is 71.3 Å². The van der Waals surface area contributed by atoms with E-state index in [-0.39, 0.29) is 18.9 Å². The van der Waals surface area contributed by atoms with Crippen LogP contribution in [0.4, 0.5) is 4.39 Å². The number of carbonyl (C=O) groups excluding carboxylic acids is 3. The number of likely N-dealkylation sites (N-methyl/N-ethyl adjacent to an activating group) is 1. The van der Waals surface area contributed by atoms with E-state index in [0.717, 1.165) is 11.1 Å². The molecule has 182 valence electrons. The van der Waals surface area contributed by atoms with Gasteiger partial charge in [-0.3, -0.25) is 14.4 Å². The number of amides is 3. The second kappa shape index (κ2) is 10.8. The van der Waals surface area contributed by atoms with E-state index in [4.69, 9.17) is 0 Å². The lowest BCUT2D eigenvalue weighted by Gasteiger charge is -2.31. The van der Waals surface area contributed by atoms with Gasteiger partial charge in [-0.05, 0) is 29.5 Å². The second-order valence-electron chi connectivity index (χ2n) is 9.32. The molecule has 0 saturated carbocycles. The summed E-state index contributed by atoms with van der Waals surface area (Å²) in [5.41, 5.74) is 2.99. The molecule has 1 N–H and O–H groups in total. The molecule has 6 nitrogen and oxygen atoms in total. The maximum atomic E-state index is 14.4. The van der Waals surface area contributed by atoms with Gasteiger partial charge in [0.2, 0.25) is 17.7 Å². The Morgan fingerprint density at radius 1 is 0.971 bits per heavy atom. The fourth-order valence-electron chi connectivity index (χ4n) is 4.27. The lowest BCUT2D eigenvalue weighted by Crippen LogP contribution is -2.53. The molecule has 1 fully saturated rings. The van der Waals surface area contributed by atoms with Crippen LogP contribution in [0.2, 0.25) is 0 Å². The van der Waals surface area contributed by atoms with Crippen molar-refractivity contribution in [1.82, 2.24) is 15.1 Å². The highest BCUT2D eigenvalue weighted by Gasteiger charge is 2.42. The van der Waals surface area contributed by atoms with E-state index in [1.165, 1.54) is 29.3 Å². The number of hydrogen-bond donors (Lipinski definition) is 1. The number of likely N-dealkylation sites (tertiary alicyclic amines) is 1. The summed E-state index contributed by atoms with van der Waals surface area (Å²) < 4.78 is 14.4. The Morgan fingerprint density at radius 3 is 2.09 bits per heavy atom. The lowest BCUT2D eigenvalue weighted by molar-refractivity contribution is -0.146. The first-order chi connectivity index (χ1) is 16.1. The Labute approximate surface area is 201 Å². The van der Waals surface area contributed by atoms with Crippen LogP contribution in [-0.4, -0.2) is 59.4 Å². The number of halogens is 1. The monoisotopic (exact) mass is 467 g/mol. The molecule has 3 amide bonds. The van der Waals surface area contributed by atoms with Crippen molar-refractivity contribution in [3.63, 3.8) is 0 Å². The minimum absolute atomic E-state index is 0.0676. The Morgan fingerprint density at radius 2 is 1.53 bits per heavy atom. The van der Waals surface area contributed by atoms with Crippen molar-refractivity contribution >= 4 is 17.7 Å². The van der Waals surface area contributed by atoms with Gasteiger partial charge in [0.15, 0.2) is 0 Å². The van der Waals surface area contributed by atoms with Gasteiger partial charge in [-0.15, -0.1) is 0 Å². The fourth-order valence-corrected chi connectivity index (χ4v) is 4.27. The Balaban J connectivity index is 1.86. The molecule has 7 heteroatoms. The highest BCUT2D eigenvalue weighted by atomic mass is 19.1. The number of rotatable bonds is 7. The molecular weight excluding hydrogens is 433 g/mol. The van der Waals surface area contributed by atoms with Crippen LogP contribution in [0.5, 0.6) is 0 Å². The summed E-state index contributed by atoms with van der Waals surface area (Å²) in [6.07, 6.45) is -1.36. The van der Waals surface area contributed by atoms with Crippen molar-refractivity contribution in [2.75, 3.05) is 13.6 Å². The zero-order valence-electron chi connectivity index (χ0n) is 20.5. The van der Waals surface area contributed by atoms with Gasteiger partial charge in [0.25, 0.3) is 0 Å². The van der Waals surface area contributed by atoms with Gasteiger partial charge in [-0.25, -0.2) is 4.39 Å². The van der Waals surface area contributed by atoms with Crippen LogP contribution < -0.4 is 5.32 Å². The van der Waals surface area contributed by atoms with E-state index in [0.29, 0.717) is 5.92 Å². The predicted molar refractivity (Wildman–Crippen MR) is 130 cm³/mol. The van der Waals surface area contributed by atoms with Gasteiger partial charge in [0.1, 0.15) is 18.3 Å². The van der Waals surface area contributed by atoms with Gasteiger partial charge in [0, 0.05) is 20.4 Å². The maximum absolute atomic E-state index is 14.4. The Bertz CT molecular complexity index is 1010. The van der Waals surface area contributed by atoms with Crippen molar-refractivity contribution in [2.24, 2.45) is 0 Å². The van der Waals surface area contributed by atoms with Crippen LogP contribution in [-0.2, 0) is 14.4 Å². The molecule has 2 aromatic carbocycles. The predicted octanol–water partition coefficient (Wildman–Crippen LogP) is 3.82. The number of hydrogen-bond acceptors (Lipinski definition) is 3. The second-order valence-corrected chi connectivity index (χ2v) is 9.32. The standard InChI is InChI=1S/C27H34FN3O3/c1-17(2)20-11-13-22(14-12-20)25(21-9-7-6-8-10-21)29-26(33)24-15-23(28)16-31(24)27(34)18(3)30(5)19(4)32/h6-14,17-18,23-25H,15-16H2,1-5H3,(H,29,33). The molecular formula is C27H34FN3O3. The van der Waals surface area contributed by atoms with Crippen LogP contribution in [0, 0.1) is 0 Å². The number of nitrogens with zero attached hydrogens (tertiary/aromatic N) is 2. The van der Waals surface area contributed by atoms with Gasteiger partial charge >= 0.3 is 0 Å². The van der Waals surface area contributed by atoms with Gasteiger partial charge in [0.05, 0.1) is 12.6 Å². The number of benzene rings is 2. The van der Waals surface area contributed by atoms with Gasteiger partial charge in [-0.2, -0.15) is 0 Å². The summed E-state index contributed by atoms with van der Waals surface area (Å²) >= 11 is 0. The molecule has 3 rings (SSSR count). The minimum Gasteiger partial charge on any atom is -0.343 e. The quantitative estimate of drug-likeness (QED) is 0.673. The molecule has 0 radical (unpaired) electrons. The average molecular weight is 468 g/mol. The molecule has 0 bridgehead atoms. The third kappa shape index (κ3) is 5.64. The van der Waals surface area contributed by atoms with Crippen LogP contribution >= 0.6 is 0 Å². The average Bonchev–Trinajstić information content (AvgIpc) is 3.23. The number of carbonyl (C=O) groups is 3. The van der Waals surface area contributed by atoms with Crippen LogP contribution in [0.3, 0.4) is 0 Å². The highest BCUT2D eigenvalue weighted by molar-refractivity contribution is 5.92. The fraction of sp³-hybridized carbons (Fsp3) is 0.444. The van der Waals surface area contributed by atoms with E-state index in [2.05, 4.69) is 19.2 Å². The minimum atomic E-state index is -1.30. The summed E-state index contributed by atoms with van der Waals surface area (Å²) in [4.78, 5) is 40.8. The normalized spacial score (nSPS) is 19.6. The molecule has 0 aliphatic carbocycles. The first kappa shape index (κ1) is 25.4. The maximum Gasteiger partial charge on any atom is 0.245 e. The summed E-state index contributed by atoms with van der Waals surface area (Å²) in [6, 6.07) is 15.5. The first-order valence-electron chi connectivity index (χ1n) is 11.7. The number of alkyl halides is 1. The van der Waals surface area contributed by atoms with Crippen molar-refractivity contribution in [2.45, 2.75) is 64.3 Å². The van der Waals surface area contributed by atoms with Crippen molar-refractivity contribution in [1.29, 1.82) is 0 Å². The lowest BCUT2D eigenvalue weighted by atomic mass is 9.95. The van der Waals surface area contributed by atoms with Crippen molar-refractivity contribution in [3.8, 4) is 0 Å². The van der Waals surface area contributed by atoms with Crippen LogP contribution in [0.15, 0.2) is 54.6 Å². The van der Waals surface area contributed by atoms with E-state index >= 15 is 0 Å². The van der Waals surface area contributed by atoms with Crippen molar-refractivity contribution < 1.29 is 18.8 Å².